The van der Waals surface area contributed by atoms with E-state index >= 15 is 0 Å². The van der Waals surface area contributed by atoms with Crippen molar-refractivity contribution in [1.82, 2.24) is 0 Å². The Labute approximate surface area is 198 Å². The molecule has 1 nitrogen and oxygen atoms in total. The number of rotatable bonds is 14. The normalized spacial score (nSPS) is 14.3. The van der Waals surface area contributed by atoms with E-state index in [1.165, 1.54) is 0 Å². The third-order valence-electron chi connectivity index (χ3n) is 5.51. The maximum atomic E-state index is 14.2. The summed E-state index contributed by atoms with van der Waals surface area (Å²) in [5.41, 5.74) is -2.42. The Morgan fingerprint density at radius 2 is 1.00 bits per heavy atom. The van der Waals surface area contributed by atoms with Crippen molar-refractivity contribution in [1.29, 1.82) is 0 Å². The highest BCUT2D eigenvalue weighted by Crippen LogP contribution is 2.62. The standard InChI is InChI=1S/C22H23F13O/c1-2-3-4-5-6-7-8-9-16(36)14-10-12-15(13-11-14)17(23,24)18(25,26)19(27,28)20(29,30)21(31,32)22(33,34)35/h10-13H,2-9H2,1H3. The van der Waals surface area contributed by atoms with Crippen LogP contribution in [0.15, 0.2) is 24.3 Å². The maximum absolute atomic E-state index is 14.2. The van der Waals surface area contributed by atoms with Crippen LogP contribution in [-0.2, 0) is 5.92 Å². The second-order valence-electron chi connectivity index (χ2n) is 8.24. The summed E-state index contributed by atoms with van der Waals surface area (Å²) in [4.78, 5) is 12.1. The molecule has 0 aliphatic rings. The zero-order valence-corrected chi connectivity index (χ0v) is 18.8. The van der Waals surface area contributed by atoms with E-state index in [1.54, 1.807) is 0 Å². The van der Waals surface area contributed by atoms with Crippen LogP contribution in [-0.4, -0.2) is 35.6 Å². The van der Waals surface area contributed by atoms with Gasteiger partial charge >= 0.3 is 35.8 Å². The number of unbranched alkanes of at least 4 members (excludes halogenated alkanes) is 6. The van der Waals surface area contributed by atoms with E-state index in [2.05, 4.69) is 0 Å². The molecule has 0 aromatic heterocycles. The summed E-state index contributed by atoms with van der Waals surface area (Å²) >= 11 is 0. The minimum Gasteiger partial charge on any atom is -0.294 e. The van der Waals surface area contributed by atoms with Gasteiger partial charge in [-0.15, -0.1) is 0 Å². The van der Waals surface area contributed by atoms with Crippen LogP contribution >= 0.6 is 0 Å². The number of alkyl halides is 13. The van der Waals surface area contributed by atoms with Crippen molar-refractivity contribution in [3.05, 3.63) is 35.4 Å². The predicted octanol–water partition coefficient (Wildman–Crippen LogP) is 9.21. The van der Waals surface area contributed by atoms with Crippen LogP contribution in [0.1, 0.15) is 74.2 Å². The van der Waals surface area contributed by atoms with Crippen LogP contribution in [0.4, 0.5) is 57.1 Å². The molecule has 0 radical (unpaired) electrons. The minimum absolute atomic E-state index is 0.00200. The van der Waals surface area contributed by atoms with Gasteiger partial charge in [0.05, 0.1) is 0 Å². The first-order valence-corrected chi connectivity index (χ1v) is 10.8. The van der Waals surface area contributed by atoms with Crippen molar-refractivity contribution in [3.8, 4) is 0 Å². The summed E-state index contributed by atoms with van der Waals surface area (Å²) in [6, 6.07) is 1.01. The summed E-state index contributed by atoms with van der Waals surface area (Å²) in [5.74, 6) is -37.9. The van der Waals surface area contributed by atoms with Crippen LogP contribution < -0.4 is 0 Å². The number of benzene rings is 1. The van der Waals surface area contributed by atoms with Gasteiger partial charge in [0.15, 0.2) is 5.78 Å². The van der Waals surface area contributed by atoms with Gasteiger partial charge in [0.25, 0.3) is 0 Å². The van der Waals surface area contributed by atoms with Gasteiger partial charge in [0.2, 0.25) is 0 Å². The molecule has 1 aromatic carbocycles. The molecule has 0 aliphatic heterocycles. The highest BCUT2D eigenvalue weighted by atomic mass is 19.4. The molecule has 0 bridgehead atoms. The highest BCUT2D eigenvalue weighted by Gasteiger charge is 2.90. The largest absolute Gasteiger partial charge is 0.460 e. The lowest BCUT2D eigenvalue weighted by molar-refractivity contribution is -0.441. The number of carbonyl (C=O) groups is 1. The molecule has 0 saturated heterocycles. The topological polar surface area (TPSA) is 17.1 Å². The van der Waals surface area contributed by atoms with Crippen LogP contribution in [0.2, 0.25) is 0 Å². The van der Waals surface area contributed by atoms with Gasteiger partial charge in [-0.25, -0.2) is 0 Å². The summed E-state index contributed by atoms with van der Waals surface area (Å²) in [5, 5.41) is 0. The number of carbonyl (C=O) groups excluding carboxylic acids is 1. The van der Waals surface area contributed by atoms with Gasteiger partial charge in [-0.2, -0.15) is 57.1 Å². The Kier molecular flexibility index (Phi) is 9.92. The van der Waals surface area contributed by atoms with Crippen LogP contribution in [0, 0.1) is 0 Å². The number of halogens is 13. The van der Waals surface area contributed by atoms with Gasteiger partial charge in [-0.3, -0.25) is 4.79 Å². The van der Waals surface area contributed by atoms with Gasteiger partial charge in [0, 0.05) is 17.5 Å². The second kappa shape index (κ2) is 11.2. The van der Waals surface area contributed by atoms with Crippen LogP contribution in [0.3, 0.4) is 0 Å². The molecule has 14 heteroatoms. The molecule has 0 spiro atoms. The third-order valence-corrected chi connectivity index (χ3v) is 5.51. The fraction of sp³-hybridized carbons (Fsp3) is 0.682. The molecule has 36 heavy (non-hydrogen) atoms. The Hall–Kier alpha value is -2.02. The van der Waals surface area contributed by atoms with Gasteiger partial charge in [0.1, 0.15) is 0 Å². The molecule has 0 fully saturated rings. The summed E-state index contributed by atoms with van der Waals surface area (Å²) in [6.45, 7) is 2.02. The molecule has 0 unspecified atom stereocenters. The Balaban J connectivity index is 3.07. The SMILES string of the molecule is CCCCCCCCCC(=O)c1ccc(C(F)(F)C(F)(F)C(F)(F)C(F)(F)C(F)(F)C(F)(F)F)cc1. The smallest absolute Gasteiger partial charge is 0.294 e. The fourth-order valence-corrected chi connectivity index (χ4v) is 3.20. The monoisotopic (exact) mass is 550 g/mol. The van der Waals surface area contributed by atoms with Crippen LogP contribution in [0.5, 0.6) is 0 Å². The lowest BCUT2D eigenvalue weighted by Gasteiger charge is -2.39. The van der Waals surface area contributed by atoms with Gasteiger partial charge < -0.3 is 0 Å². The summed E-state index contributed by atoms with van der Waals surface area (Å²) in [6.07, 6.45) is -1.65. The molecular weight excluding hydrogens is 527 g/mol. The maximum Gasteiger partial charge on any atom is 0.460 e. The summed E-state index contributed by atoms with van der Waals surface area (Å²) < 4.78 is 172. The van der Waals surface area contributed by atoms with Crippen molar-refractivity contribution in [2.24, 2.45) is 0 Å². The van der Waals surface area contributed by atoms with Crippen molar-refractivity contribution < 1.29 is 61.9 Å². The lowest BCUT2D eigenvalue weighted by Crippen LogP contribution is -2.69. The lowest BCUT2D eigenvalue weighted by atomic mass is 9.90. The number of Topliss-reactive ketones (excluding diaryl/α,β-unsaturated/α-hetero) is 1. The van der Waals surface area contributed by atoms with Crippen molar-refractivity contribution in [2.45, 2.75) is 94.1 Å². The fourth-order valence-electron chi connectivity index (χ4n) is 3.20. The number of hydrogen-bond acceptors (Lipinski definition) is 1. The average molecular weight is 550 g/mol. The highest BCUT2D eigenvalue weighted by molar-refractivity contribution is 5.96. The van der Waals surface area contributed by atoms with Crippen molar-refractivity contribution >= 4 is 5.78 Å². The van der Waals surface area contributed by atoms with E-state index in [4.69, 9.17) is 0 Å². The van der Waals surface area contributed by atoms with E-state index in [0.717, 1.165) is 32.1 Å². The number of ketones is 1. The molecule has 0 heterocycles. The number of hydrogen-bond donors (Lipinski definition) is 0. The average Bonchev–Trinajstić information content (AvgIpc) is 2.77. The zero-order valence-electron chi connectivity index (χ0n) is 18.8. The summed E-state index contributed by atoms with van der Waals surface area (Å²) in [7, 11) is 0. The molecule has 208 valence electrons. The van der Waals surface area contributed by atoms with Gasteiger partial charge in [-0.05, 0) is 6.42 Å². The molecule has 0 atom stereocenters. The minimum atomic E-state index is -7.95. The van der Waals surface area contributed by atoms with E-state index in [1.807, 2.05) is 6.92 Å². The second-order valence-corrected chi connectivity index (χ2v) is 8.24. The molecule has 1 aromatic rings. The Morgan fingerprint density at radius 3 is 1.44 bits per heavy atom. The van der Waals surface area contributed by atoms with Gasteiger partial charge in [-0.1, -0.05) is 69.7 Å². The molecule has 0 N–H and O–H groups in total. The quantitative estimate of drug-likeness (QED) is 0.128. The van der Waals surface area contributed by atoms with E-state index in [9.17, 15) is 61.9 Å². The van der Waals surface area contributed by atoms with Crippen molar-refractivity contribution in [3.63, 3.8) is 0 Å². The Morgan fingerprint density at radius 1 is 0.583 bits per heavy atom. The Bertz CT molecular complexity index is 858. The zero-order chi connectivity index (χ0) is 28.2. The first-order valence-electron chi connectivity index (χ1n) is 10.8. The molecule has 0 saturated carbocycles. The molecular formula is C22H23F13O. The van der Waals surface area contributed by atoms with E-state index in [-0.39, 0.29) is 24.1 Å². The van der Waals surface area contributed by atoms with Crippen LogP contribution in [0.25, 0.3) is 0 Å². The molecule has 0 aliphatic carbocycles. The first-order chi connectivity index (χ1) is 16.2. The van der Waals surface area contributed by atoms with Crippen molar-refractivity contribution in [2.75, 3.05) is 0 Å². The first kappa shape index (κ1) is 32.0. The molecule has 1 rings (SSSR count). The van der Waals surface area contributed by atoms with E-state index in [0.29, 0.717) is 25.0 Å². The van der Waals surface area contributed by atoms with E-state index < -0.39 is 47.1 Å². The predicted molar refractivity (Wildman–Crippen MR) is 103 cm³/mol. The molecule has 0 amide bonds. The third kappa shape index (κ3) is 5.92.